The Kier molecular flexibility index (Phi) is 5.82. The Morgan fingerprint density at radius 2 is 1.96 bits per heavy atom. The van der Waals surface area contributed by atoms with Gasteiger partial charge < -0.3 is 19.3 Å². The highest BCUT2D eigenvalue weighted by molar-refractivity contribution is 5.67. The summed E-state index contributed by atoms with van der Waals surface area (Å²) in [5.74, 6) is 1.47. The van der Waals surface area contributed by atoms with E-state index in [1.54, 1.807) is 0 Å². The van der Waals surface area contributed by atoms with Crippen LogP contribution in [-0.2, 0) is 24.2 Å². The molecule has 0 amide bonds. The fourth-order valence-corrected chi connectivity index (χ4v) is 3.59. The zero-order valence-electron chi connectivity index (χ0n) is 17.0. The van der Waals surface area contributed by atoms with E-state index in [9.17, 15) is 4.79 Å². The van der Waals surface area contributed by atoms with Crippen LogP contribution in [0.4, 0.5) is 0 Å². The molecule has 1 aliphatic rings. The Morgan fingerprint density at radius 3 is 2.68 bits per heavy atom. The van der Waals surface area contributed by atoms with E-state index in [0.717, 1.165) is 23.3 Å². The van der Waals surface area contributed by atoms with Crippen molar-refractivity contribution in [3.63, 3.8) is 0 Å². The number of ether oxygens (including phenoxy) is 3. The lowest BCUT2D eigenvalue weighted by Crippen LogP contribution is -2.25. The average molecular weight is 384 g/mol. The Labute approximate surface area is 166 Å². The first-order valence-corrected chi connectivity index (χ1v) is 9.69. The highest BCUT2D eigenvalue weighted by Crippen LogP contribution is 2.39. The normalized spacial score (nSPS) is 14.3. The molecule has 0 atom stereocenters. The summed E-state index contributed by atoms with van der Waals surface area (Å²) in [6.07, 6.45) is 1.39. The van der Waals surface area contributed by atoms with Crippen molar-refractivity contribution in [1.82, 2.24) is 0 Å². The molecule has 1 N–H and O–H groups in total. The molecule has 0 saturated carbocycles. The van der Waals surface area contributed by atoms with Gasteiger partial charge in [0.1, 0.15) is 29.5 Å². The molecule has 5 nitrogen and oxygen atoms in total. The summed E-state index contributed by atoms with van der Waals surface area (Å²) in [5.41, 5.74) is 4.13. The number of aliphatic carboxylic acids is 1. The highest BCUT2D eigenvalue weighted by Gasteiger charge is 2.32. The first kappa shape index (κ1) is 20.1. The number of rotatable bonds is 8. The summed E-state index contributed by atoms with van der Waals surface area (Å²) < 4.78 is 17.9. The SMILES string of the molecule is CCOc1cc(OCc2cc(C)cc3c2OC(C)(C)C3)ccc1CCC(=O)O. The minimum atomic E-state index is -0.820. The van der Waals surface area contributed by atoms with Gasteiger partial charge in [-0.15, -0.1) is 0 Å². The number of hydrogen-bond donors (Lipinski definition) is 1. The fraction of sp³-hybridized carbons (Fsp3) is 0.435. The third-order valence-electron chi connectivity index (χ3n) is 4.72. The van der Waals surface area contributed by atoms with Crippen LogP contribution >= 0.6 is 0 Å². The van der Waals surface area contributed by atoms with E-state index in [0.29, 0.717) is 31.1 Å². The molecule has 0 spiro atoms. The van der Waals surface area contributed by atoms with E-state index >= 15 is 0 Å². The lowest BCUT2D eigenvalue weighted by molar-refractivity contribution is -0.136. The molecule has 1 aliphatic heterocycles. The second-order valence-corrected chi connectivity index (χ2v) is 7.84. The van der Waals surface area contributed by atoms with Crippen molar-refractivity contribution in [2.45, 2.75) is 59.2 Å². The minimum Gasteiger partial charge on any atom is -0.493 e. The topological polar surface area (TPSA) is 65.0 Å². The molecule has 0 fully saturated rings. The zero-order valence-corrected chi connectivity index (χ0v) is 17.0. The highest BCUT2D eigenvalue weighted by atomic mass is 16.5. The van der Waals surface area contributed by atoms with Crippen molar-refractivity contribution in [1.29, 1.82) is 0 Å². The lowest BCUT2D eigenvalue weighted by atomic mass is 9.99. The first-order valence-electron chi connectivity index (χ1n) is 9.69. The Morgan fingerprint density at radius 1 is 1.18 bits per heavy atom. The Bertz CT molecular complexity index is 870. The van der Waals surface area contributed by atoms with E-state index < -0.39 is 5.97 Å². The van der Waals surface area contributed by atoms with Gasteiger partial charge in [-0.25, -0.2) is 0 Å². The molecule has 28 heavy (non-hydrogen) atoms. The van der Waals surface area contributed by atoms with E-state index in [1.807, 2.05) is 25.1 Å². The zero-order chi connectivity index (χ0) is 20.3. The van der Waals surface area contributed by atoms with E-state index in [1.165, 1.54) is 11.1 Å². The van der Waals surface area contributed by atoms with Gasteiger partial charge in [0.2, 0.25) is 0 Å². The number of carboxylic acids is 1. The fourth-order valence-electron chi connectivity index (χ4n) is 3.59. The number of aryl methyl sites for hydroxylation is 2. The molecule has 0 bridgehead atoms. The second-order valence-electron chi connectivity index (χ2n) is 7.84. The molecule has 0 aliphatic carbocycles. The predicted octanol–water partition coefficient (Wildman–Crippen LogP) is 4.70. The molecule has 2 aromatic carbocycles. The number of benzene rings is 2. The smallest absolute Gasteiger partial charge is 0.303 e. The summed E-state index contributed by atoms with van der Waals surface area (Å²) in [7, 11) is 0. The summed E-state index contributed by atoms with van der Waals surface area (Å²) >= 11 is 0. The summed E-state index contributed by atoms with van der Waals surface area (Å²) in [5, 5.41) is 8.92. The lowest BCUT2D eigenvalue weighted by Gasteiger charge is -2.18. The number of fused-ring (bicyclic) bond motifs is 1. The minimum absolute atomic E-state index is 0.0723. The maximum atomic E-state index is 10.9. The van der Waals surface area contributed by atoms with E-state index in [4.69, 9.17) is 19.3 Å². The van der Waals surface area contributed by atoms with Crippen molar-refractivity contribution in [3.05, 3.63) is 52.6 Å². The summed E-state index contributed by atoms with van der Waals surface area (Å²) in [6.45, 7) is 9.09. The van der Waals surface area contributed by atoms with Gasteiger partial charge in [-0.05, 0) is 57.4 Å². The van der Waals surface area contributed by atoms with Crippen LogP contribution in [0.1, 0.15) is 49.4 Å². The molecule has 3 rings (SSSR count). The van der Waals surface area contributed by atoms with Gasteiger partial charge in [0.15, 0.2) is 0 Å². The standard InChI is InChI=1S/C23H28O5/c1-5-26-20-12-19(8-6-16(20)7-9-21(24)25)27-14-18-11-15(2)10-17-13-23(3,4)28-22(17)18/h6,8,10-12H,5,7,9,13-14H2,1-4H3,(H,24,25). The van der Waals surface area contributed by atoms with E-state index in [2.05, 4.69) is 32.9 Å². The monoisotopic (exact) mass is 384 g/mol. The number of carbonyl (C=O) groups is 1. The van der Waals surface area contributed by atoms with Gasteiger partial charge in [-0.1, -0.05) is 17.7 Å². The average Bonchev–Trinajstić information content (AvgIpc) is 2.92. The van der Waals surface area contributed by atoms with Crippen LogP contribution in [0.15, 0.2) is 30.3 Å². The van der Waals surface area contributed by atoms with E-state index in [-0.39, 0.29) is 12.0 Å². The quantitative estimate of drug-likeness (QED) is 0.714. The third-order valence-corrected chi connectivity index (χ3v) is 4.72. The van der Waals surface area contributed by atoms with Gasteiger partial charge in [0.05, 0.1) is 6.61 Å². The van der Waals surface area contributed by atoms with Gasteiger partial charge in [0, 0.05) is 24.5 Å². The van der Waals surface area contributed by atoms with Crippen molar-refractivity contribution in [2.24, 2.45) is 0 Å². The molecule has 0 radical (unpaired) electrons. The van der Waals surface area contributed by atoms with Crippen LogP contribution in [0.3, 0.4) is 0 Å². The van der Waals surface area contributed by atoms with Crippen LogP contribution in [0.25, 0.3) is 0 Å². The van der Waals surface area contributed by atoms with Crippen molar-refractivity contribution >= 4 is 5.97 Å². The number of hydrogen-bond acceptors (Lipinski definition) is 4. The molecule has 0 unspecified atom stereocenters. The van der Waals surface area contributed by atoms with Gasteiger partial charge >= 0.3 is 5.97 Å². The largest absolute Gasteiger partial charge is 0.493 e. The molecule has 0 aromatic heterocycles. The van der Waals surface area contributed by atoms with Gasteiger partial charge in [0.25, 0.3) is 0 Å². The molecule has 1 heterocycles. The first-order chi connectivity index (χ1) is 13.3. The molecule has 0 saturated heterocycles. The van der Waals surface area contributed by atoms with Crippen LogP contribution in [0.2, 0.25) is 0 Å². The van der Waals surface area contributed by atoms with Crippen molar-refractivity contribution in [3.8, 4) is 17.2 Å². The Balaban J connectivity index is 1.77. The van der Waals surface area contributed by atoms with Crippen LogP contribution in [-0.4, -0.2) is 23.3 Å². The van der Waals surface area contributed by atoms with Crippen molar-refractivity contribution in [2.75, 3.05) is 6.61 Å². The molecule has 5 heteroatoms. The molecular formula is C23H28O5. The summed E-state index contributed by atoms with van der Waals surface area (Å²) in [6, 6.07) is 9.86. The third kappa shape index (κ3) is 4.77. The van der Waals surface area contributed by atoms with Crippen molar-refractivity contribution < 1.29 is 24.1 Å². The number of carboxylic acid groups (broad SMARTS) is 1. The maximum absolute atomic E-state index is 10.9. The summed E-state index contributed by atoms with van der Waals surface area (Å²) in [4.78, 5) is 10.9. The van der Waals surface area contributed by atoms with Gasteiger partial charge in [-0.2, -0.15) is 0 Å². The second kappa shape index (κ2) is 8.13. The van der Waals surface area contributed by atoms with Gasteiger partial charge in [-0.3, -0.25) is 4.79 Å². The predicted molar refractivity (Wildman–Crippen MR) is 107 cm³/mol. The maximum Gasteiger partial charge on any atom is 0.303 e. The van der Waals surface area contributed by atoms with Crippen LogP contribution in [0.5, 0.6) is 17.2 Å². The van der Waals surface area contributed by atoms with Crippen LogP contribution < -0.4 is 14.2 Å². The molecular weight excluding hydrogens is 356 g/mol. The van der Waals surface area contributed by atoms with Crippen LogP contribution in [0, 0.1) is 6.92 Å². The Hall–Kier alpha value is -2.69. The molecule has 2 aromatic rings. The molecule has 150 valence electrons.